The number of hydrogen-bond acceptors (Lipinski definition) is 4. The minimum absolute atomic E-state index is 0.493. The van der Waals surface area contributed by atoms with Crippen LogP contribution in [0.3, 0.4) is 0 Å². The molecule has 90 valence electrons. The van der Waals surface area contributed by atoms with Crippen LogP contribution in [0.4, 0.5) is 0 Å². The summed E-state index contributed by atoms with van der Waals surface area (Å²) in [6, 6.07) is 6.40. The van der Waals surface area contributed by atoms with Crippen LogP contribution in [-0.2, 0) is 7.05 Å². The summed E-state index contributed by atoms with van der Waals surface area (Å²) in [5, 5.41) is 11.5. The summed E-state index contributed by atoms with van der Waals surface area (Å²) in [5.74, 6) is 0.867. The molecule has 3 rings (SSSR count). The Hall–Kier alpha value is -1.62. The molecular formula is C12H16N4O. The smallest absolute Gasteiger partial charge is 0.121 e. The fourth-order valence-corrected chi connectivity index (χ4v) is 2.21. The molecule has 1 aromatic carbocycles. The molecule has 0 saturated carbocycles. The van der Waals surface area contributed by atoms with Crippen LogP contribution >= 0.6 is 0 Å². The predicted molar refractivity (Wildman–Crippen MR) is 65.0 cm³/mol. The summed E-state index contributed by atoms with van der Waals surface area (Å²) >= 11 is 0. The van der Waals surface area contributed by atoms with Gasteiger partial charge in [0.25, 0.3) is 0 Å². The van der Waals surface area contributed by atoms with Gasteiger partial charge in [-0.05, 0) is 31.5 Å². The lowest BCUT2D eigenvalue weighted by molar-refractivity contribution is 0.277. The Bertz CT molecular complexity index is 516. The van der Waals surface area contributed by atoms with Crippen molar-refractivity contribution in [3.63, 3.8) is 0 Å². The van der Waals surface area contributed by atoms with E-state index in [4.69, 9.17) is 4.74 Å². The van der Waals surface area contributed by atoms with E-state index in [2.05, 4.69) is 15.6 Å². The summed E-state index contributed by atoms with van der Waals surface area (Å²) in [4.78, 5) is 0. The Morgan fingerprint density at radius 3 is 3.29 bits per heavy atom. The number of nitrogens with one attached hydrogen (secondary N) is 1. The van der Waals surface area contributed by atoms with Crippen molar-refractivity contribution in [3.05, 3.63) is 18.2 Å². The van der Waals surface area contributed by atoms with E-state index in [-0.39, 0.29) is 0 Å². The molecule has 1 atom stereocenters. The first-order valence-corrected chi connectivity index (χ1v) is 5.98. The fraction of sp³-hybridized carbons (Fsp3) is 0.500. The van der Waals surface area contributed by atoms with E-state index in [1.165, 1.54) is 12.8 Å². The third-order valence-corrected chi connectivity index (χ3v) is 3.20. The molecule has 1 aliphatic heterocycles. The molecule has 1 saturated heterocycles. The van der Waals surface area contributed by atoms with Gasteiger partial charge >= 0.3 is 0 Å². The van der Waals surface area contributed by atoms with Crippen molar-refractivity contribution in [2.45, 2.75) is 18.9 Å². The average Bonchev–Trinajstić information content (AvgIpc) is 2.97. The van der Waals surface area contributed by atoms with Crippen LogP contribution in [-0.4, -0.2) is 34.2 Å². The maximum Gasteiger partial charge on any atom is 0.121 e. The molecule has 0 bridgehead atoms. The van der Waals surface area contributed by atoms with Crippen molar-refractivity contribution in [2.75, 3.05) is 13.2 Å². The van der Waals surface area contributed by atoms with Crippen molar-refractivity contribution < 1.29 is 4.74 Å². The third-order valence-electron chi connectivity index (χ3n) is 3.20. The largest absolute Gasteiger partial charge is 0.492 e. The Morgan fingerprint density at radius 2 is 2.47 bits per heavy atom. The Morgan fingerprint density at radius 1 is 1.53 bits per heavy atom. The second-order valence-electron chi connectivity index (χ2n) is 4.47. The van der Waals surface area contributed by atoms with E-state index in [9.17, 15) is 0 Å². The highest BCUT2D eigenvalue weighted by Crippen LogP contribution is 2.19. The molecule has 17 heavy (non-hydrogen) atoms. The first-order valence-electron chi connectivity index (χ1n) is 5.98. The van der Waals surface area contributed by atoms with E-state index in [0.29, 0.717) is 6.04 Å². The number of hydrogen-bond donors (Lipinski definition) is 1. The van der Waals surface area contributed by atoms with Gasteiger partial charge in [-0.15, -0.1) is 5.10 Å². The number of ether oxygens (including phenoxy) is 1. The van der Waals surface area contributed by atoms with E-state index in [1.54, 1.807) is 4.68 Å². The summed E-state index contributed by atoms with van der Waals surface area (Å²) in [6.45, 7) is 1.84. The predicted octanol–water partition coefficient (Wildman–Crippen LogP) is 1.10. The van der Waals surface area contributed by atoms with Gasteiger partial charge in [-0.3, -0.25) is 0 Å². The molecule has 1 unspecified atom stereocenters. The van der Waals surface area contributed by atoms with Crippen LogP contribution in [0.25, 0.3) is 11.0 Å². The molecule has 1 N–H and O–H groups in total. The van der Waals surface area contributed by atoms with Gasteiger partial charge in [0.15, 0.2) is 0 Å². The first-order chi connectivity index (χ1) is 8.33. The lowest BCUT2D eigenvalue weighted by Crippen LogP contribution is -2.28. The van der Waals surface area contributed by atoms with E-state index >= 15 is 0 Å². The third kappa shape index (κ3) is 2.10. The van der Waals surface area contributed by atoms with Gasteiger partial charge in [0.1, 0.15) is 17.9 Å². The zero-order valence-corrected chi connectivity index (χ0v) is 9.89. The minimum atomic E-state index is 0.493. The lowest BCUT2D eigenvalue weighted by Gasteiger charge is -2.11. The van der Waals surface area contributed by atoms with Crippen molar-refractivity contribution in [1.82, 2.24) is 20.3 Å². The van der Waals surface area contributed by atoms with Gasteiger partial charge in [0.05, 0.1) is 5.52 Å². The number of aromatic nitrogens is 3. The van der Waals surface area contributed by atoms with Gasteiger partial charge in [0.2, 0.25) is 0 Å². The van der Waals surface area contributed by atoms with Crippen LogP contribution in [0.15, 0.2) is 18.2 Å². The van der Waals surface area contributed by atoms with Gasteiger partial charge in [-0.2, -0.15) is 0 Å². The van der Waals surface area contributed by atoms with Crippen LogP contribution in [0.1, 0.15) is 12.8 Å². The van der Waals surface area contributed by atoms with Crippen molar-refractivity contribution >= 4 is 11.0 Å². The summed E-state index contributed by atoms with van der Waals surface area (Å²) in [5.41, 5.74) is 1.90. The molecule has 0 radical (unpaired) electrons. The lowest BCUT2D eigenvalue weighted by atomic mass is 10.2. The maximum absolute atomic E-state index is 5.77. The van der Waals surface area contributed by atoms with E-state index in [0.717, 1.165) is 29.9 Å². The van der Waals surface area contributed by atoms with Crippen LogP contribution in [0, 0.1) is 0 Å². The van der Waals surface area contributed by atoms with Gasteiger partial charge in [0, 0.05) is 19.2 Å². The molecule has 5 nitrogen and oxygen atoms in total. The molecule has 0 spiro atoms. The topological polar surface area (TPSA) is 52.0 Å². The molecule has 2 aromatic rings. The van der Waals surface area contributed by atoms with Crippen molar-refractivity contribution in [1.29, 1.82) is 0 Å². The summed E-state index contributed by atoms with van der Waals surface area (Å²) in [6.07, 6.45) is 2.45. The van der Waals surface area contributed by atoms with Gasteiger partial charge in [-0.1, -0.05) is 5.21 Å². The van der Waals surface area contributed by atoms with Crippen LogP contribution in [0.5, 0.6) is 5.75 Å². The first kappa shape index (κ1) is 10.5. The van der Waals surface area contributed by atoms with Gasteiger partial charge in [-0.25, -0.2) is 4.68 Å². The number of fused-ring (bicyclic) bond motifs is 1. The number of nitrogens with zero attached hydrogens (tertiary/aromatic N) is 3. The fourth-order valence-electron chi connectivity index (χ4n) is 2.21. The summed E-state index contributed by atoms with van der Waals surface area (Å²) < 4.78 is 7.53. The normalized spacial score (nSPS) is 19.9. The highest BCUT2D eigenvalue weighted by Gasteiger charge is 2.14. The molecule has 5 heteroatoms. The standard InChI is InChI=1S/C12H16N4O/c1-16-12-5-4-10(7-11(12)14-15-16)17-8-9-3-2-6-13-9/h4-5,7,9,13H,2-3,6,8H2,1H3. The van der Waals surface area contributed by atoms with E-state index in [1.807, 2.05) is 25.2 Å². The van der Waals surface area contributed by atoms with Crippen LogP contribution in [0.2, 0.25) is 0 Å². The highest BCUT2D eigenvalue weighted by atomic mass is 16.5. The van der Waals surface area contributed by atoms with Crippen LogP contribution < -0.4 is 10.1 Å². The number of benzene rings is 1. The average molecular weight is 232 g/mol. The molecular weight excluding hydrogens is 216 g/mol. The molecule has 1 fully saturated rings. The summed E-state index contributed by atoms with van der Waals surface area (Å²) in [7, 11) is 1.89. The second kappa shape index (κ2) is 4.33. The second-order valence-corrected chi connectivity index (χ2v) is 4.47. The number of aryl methyl sites for hydroxylation is 1. The Kier molecular flexibility index (Phi) is 2.68. The highest BCUT2D eigenvalue weighted by molar-refractivity contribution is 5.75. The van der Waals surface area contributed by atoms with Crippen molar-refractivity contribution in [2.24, 2.45) is 7.05 Å². The Balaban J connectivity index is 1.72. The zero-order valence-electron chi connectivity index (χ0n) is 9.89. The monoisotopic (exact) mass is 232 g/mol. The molecule has 1 aliphatic rings. The molecule has 2 heterocycles. The quantitative estimate of drug-likeness (QED) is 0.861. The zero-order chi connectivity index (χ0) is 11.7. The number of rotatable bonds is 3. The maximum atomic E-state index is 5.77. The Labute approximate surface area is 99.8 Å². The van der Waals surface area contributed by atoms with Crippen molar-refractivity contribution in [3.8, 4) is 5.75 Å². The molecule has 0 amide bonds. The SMILES string of the molecule is Cn1nnc2cc(OCC3CCCN3)ccc21. The minimum Gasteiger partial charge on any atom is -0.492 e. The molecule has 1 aromatic heterocycles. The molecule has 0 aliphatic carbocycles. The van der Waals surface area contributed by atoms with E-state index < -0.39 is 0 Å². The van der Waals surface area contributed by atoms with Gasteiger partial charge < -0.3 is 10.1 Å².